The van der Waals surface area contributed by atoms with Crippen molar-refractivity contribution in [2.45, 2.75) is 39.0 Å². The number of aromatic nitrogens is 3. The van der Waals surface area contributed by atoms with Gasteiger partial charge in [0.2, 0.25) is 5.91 Å². The second-order valence-electron chi connectivity index (χ2n) is 9.45. The van der Waals surface area contributed by atoms with Gasteiger partial charge in [-0.3, -0.25) is 14.9 Å². The number of hydrogen-bond acceptors (Lipinski definition) is 7. The molecule has 202 valence electrons. The first-order valence-electron chi connectivity index (χ1n) is 11.4. The number of para-hydroxylation sites is 1. The molecule has 10 nitrogen and oxygen atoms in total. The molecule has 38 heavy (non-hydrogen) atoms. The first kappa shape index (κ1) is 28.2. The third-order valence-corrected chi connectivity index (χ3v) is 5.03. The quantitative estimate of drug-likeness (QED) is 0.328. The van der Waals surface area contributed by atoms with E-state index in [2.05, 4.69) is 20.9 Å². The van der Waals surface area contributed by atoms with E-state index in [-0.39, 0.29) is 22.6 Å². The molecule has 2 amide bonds. The van der Waals surface area contributed by atoms with E-state index in [1.165, 1.54) is 42.1 Å². The van der Waals surface area contributed by atoms with Crippen molar-refractivity contribution in [2.24, 2.45) is 0 Å². The fraction of sp³-hybridized carbons (Fsp3) is 0.320. The number of nitrogens with one attached hydrogen (secondary N) is 2. The molecule has 0 bridgehead atoms. The smallest absolute Gasteiger partial charge is 0.418 e. The molecule has 0 aliphatic heterocycles. The first-order valence-corrected chi connectivity index (χ1v) is 11.4. The molecule has 0 spiro atoms. The van der Waals surface area contributed by atoms with Crippen LogP contribution in [0, 0.1) is 0 Å². The van der Waals surface area contributed by atoms with Gasteiger partial charge in [-0.1, -0.05) is 17.3 Å². The van der Waals surface area contributed by atoms with E-state index in [1.807, 2.05) is 0 Å². The topological polar surface area (TPSA) is 118 Å². The van der Waals surface area contributed by atoms with Gasteiger partial charge in [0.25, 0.3) is 0 Å². The number of ketones is 1. The number of hydrogen-bond donors (Lipinski definition) is 2. The Balaban J connectivity index is 1.93. The van der Waals surface area contributed by atoms with Crippen molar-refractivity contribution in [3.63, 3.8) is 0 Å². The highest BCUT2D eigenvalue weighted by Gasteiger charge is 2.36. The molecule has 2 N–H and O–H groups in total. The fourth-order valence-electron chi connectivity index (χ4n) is 3.49. The number of halogens is 3. The summed E-state index contributed by atoms with van der Waals surface area (Å²) in [6, 6.07) is 8.16. The van der Waals surface area contributed by atoms with Crippen molar-refractivity contribution in [3.8, 4) is 5.69 Å². The highest BCUT2D eigenvalue weighted by molar-refractivity contribution is 6.13. The molecule has 0 fully saturated rings. The lowest BCUT2D eigenvalue weighted by Crippen LogP contribution is -2.28. The highest BCUT2D eigenvalue weighted by atomic mass is 19.4. The lowest BCUT2D eigenvalue weighted by Gasteiger charge is -2.24. The van der Waals surface area contributed by atoms with Crippen LogP contribution in [0.15, 0.2) is 48.8 Å². The SMILES string of the molecule is CN(C)c1cc(NC(=O)OC(C)(C)C)c(NC(=O)CC(=O)c2ccccc2-n2ccnn2)cc1C(F)(F)F. The van der Waals surface area contributed by atoms with Gasteiger partial charge in [-0.15, -0.1) is 5.10 Å². The van der Waals surface area contributed by atoms with Gasteiger partial charge in [0.15, 0.2) is 5.78 Å². The van der Waals surface area contributed by atoms with Crippen molar-refractivity contribution in [2.75, 3.05) is 29.6 Å². The van der Waals surface area contributed by atoms with E-state index < -0.39 is 41.5 Å². The van der Waals surface area contributed by atoms with Gasteiger partial charge < -0.3 is 15.0 Å². The van der Waals surface area contributed by atoms with Crippen LogP contribution in [0.1, 0.15) is 43.1 Å². The molecule has 0 saturated carbocycles. The molecule has 0 saturated heterocycles. The Kier molecular flexibility index (Phi) is 8.08. The Hall–Kier alpha value is -4.42. The Morgan fingerprint density at radius 3 is 2.26 bits per heavy atom. The van der Waals surface area contributed by atoms with Gasteiger partial charge >= 0.3 is 12.3 Å². The minimum atomic E-state index is -4.77. The van der Waals surface area contributed by atoms with Crippen molar-refractivity contribution in [1.82, 2.24) is 15.0 Å². The predicted octanol–water partition coefficient (Wildman–Crippen LogP) is 4.91. The standard InChI is InChI=1S/C25H27F3N6O4/c1-24(2,3)38-23(37)31-18-13-20(33(4)5)16(25(26,27)28)12-17(18)30-22(36)14-21(35)15-8-6-7-9-19(15)34-11-10-29-32-34/h6-13H,14H2,1-5H3,(H,30,36)(H,31,37). The molecule has 0 unspecified atom stereocenters. The van der Waals surface area contributed by atoms with Crippen molar-refractivity contribution in [1.29, 1.82) is 0 Å². The van der Waals surface area contributed by atoms with E-state index in [0.29, 0.717) is 11.8 Å². The van der Waals surface area contributed by atoms with Gasteiger partial charge in [-0.25, -0.2) is 9.48 Å². The number of anilines is 3. The van der Waals surface area contributed by atoms with Crippen LogP contribution in [0.5, 0.6) is 0 Å². The van der Waals surface area contributed by atoms with Crippen molar-refractivity contribution >= 4 is 34.8 Å². The van der Waals surface area contributed by atoms with E-state index in [0.717, 1.165) is 6.07 Å². The number of alkyl halides is 3. The lowest BCUT2D eigenvalue weighted by molar-refractivity contribution is -0.137. The van der Waals surface area contributed by atoms with Crippen LogP contribution in [-0.4, -0.2) is 52.5 Å². The normalized spacial score (nSPS) is 11.6. The summed E-state index contributed by atoms with van der Waals surface area (Å²) in [5.74, 6) is -1.49. The first-order chi connectivity index (χ1) is 17.7. The largest absolute Gasteiger partial charge is 0.444 e. The summed E-state index contributed by atoms with van der Waals surface area (Å²) < 4.78 is 48.1. The molecule has 13 heteroatoms. The van der Waals surface area contributed by atoms with E-state index in [1.54, 1.807) is 39.0 Å². The number of benzene rings is 2. The van der Waals surface area contributed by atoms with Crippen LogP contribution in [0.3, 0.4) is 0 Å². The number of ether oxygens (including phenoxy) is 1. The Morgan fingerprint density at radius 1 is 1.03 bits per heavy atom. The number of nitrogens with zero attached hydrogens (tertiary/aromatic N) is 4. The number of Topliss-reactive ketones (excluding diaryl/α,β-unsaturated/α-hetero) is 1. The van der Waals surface area contributed by atoms with Gasteiger partial charge in [0.05, 0.1) is 47.1 Å². The molecule has 0 aliphatic rings. The summed E-state index contributed by atoms with van der Waals surface area (Å²) in [4.78, 5) is 39.4. The summed E-state index contributed by atoms with van der Waals surface area (Å²) in [5, 5.41) is 12.3. The van der Waals surface area contributed by atoms with E-state index in [9.17, 15) is 27.6 Å². The summed E-state index contributed by atoms with van der Waals surface area (Å²) in [6.45, 7) is 4.86. The van der Waals surface area contributed by atoms with Crippen LogP contribution < -0.4 is 15.5 Å². The van der Waals surface area contributed by atoms with Crippen LogP contribution in [0.4, 0.5) is 35.0 Å². The number of carbonyl (C=O) groups excluding carboxylic acids is 3. The minimum absolute atomic E-state index is 0.139. The summed E-state index contributed by atoms with van der Waals surface area (Å²) in [6.07, 6.45) is -3.45. The number of carbonyl (C=O) groups is 3. The second kappa shape index (κ2) is 10.9. The molecule has 0 radical (unpaired) electrons. The van der Waals surface area contributed by atoms with Gasteiger partial charge in [-0.2, -0.15) is 13.2 Å². The Bertz CT molecular complexity index is 1330. The van der Waals surface area contributed by atoms with Crippen molar-refractivity contribution in [3.05, 3.63) is 59.9 Å². The highest BCUT2D eigenvalue weighted by Crippen LogP contribution is 2.41. The average Bonchev–Trinajstić information content (AvgIpc) is 3.32. The van der Waals surface area contributed by atoms with Crippen LogP contribution in [0.25, 0.3) is 5.69 Å². The molecular weight excluding hydrogens is 505 g/mol. The molecule has 1 heterocycles. The zero-order valence-electron chi connectivity index (χ0n) is 21.4. The maximum Gasteiger partial charge on any atom is 0.418 e. The maximum atomic E-state index is 13.8. The number of rotatable bonds is 7. The van der Waals surface area contributed by atoms with Gasteiger partial charge in [0.1, 0.15) is 5.60 Å². The summed E-state index contributed by atoms with van der Waals surface area (Å²) in [5.41, 5.74) is -2.12. The van der Waals surface area contributed by atoms with Gasteiger partial charge in [0, 0.05) is 19.7 Å². The lowest BCUT2D eigenvalue weighted by atomic mass is 10.0. The minimum Gasteiger partial charge on any atom is -0.444 e. The molecule has 0 aliphatic carbocycles. The third kappa shape index (κ3) is 7.08. The number of amides is 2. The molecule has 2 aromatic carbocycles. The van der Waals surface area contributed by atoms with E-state index >= 15 is 0 Å². The Morgan fingerprint density at radius 2 is 1.68 bits per heavy atom. The predicted molar refractivity (Wildman–Crippen MR) is 135 cm³/mol. The fourth-order valence-corrected chi connectivity index (χ4v) is 3.49. The van der Waals surface area contributed by atoms with Crippen molar-refractivity contribution < 1.29 is 32.3 Å². The molecule has 1 aromatic heterocycles. The zero-order chi connectivity index (χ0) is 28.3. The molecule has 3 aromatic rings. The average molecular weight is 533 g/mol. The van der Waals surface area contributed by atoms with Crippen LogP contribution in [-0.2, 0) is 15.7 Å². The second-order valence-corrected chi connectivity index (χ2v) is 9.45. The third-order valence-electron chi connectivity index (χ3n) is 5.03. The summed E-state index contributed by atoms with van der Waals surface area (Å²) in [7, 11) is 2.82. The van der Waals surface area contributed by atoms with E-state index in [4.69, 9.17) is 4.74 Å². The monoisotopic (exact) mass is 532 g/mol. The van der Waals surface area contributed by atoms with Crippen LogP contribution >= 0.6 is 0 Å². The summed E-state index contributed by atoms with van der Waals surface area (Å²) >= 11 is 0. The Labute approximate surface area is 216 Å². The molecule has 0 atom stereocenters. The maximum absolute atomic E-state index is 13.8. The van der Waals surface area contributed by atoms with Gasteiger partial charge in [-0.05, 0) is 45.0 Å². The molecule has 3 rings (SSSR count). The van der Waals surface area contributed by atoms with Crippen LogP contribution in [0.2, 0.25) is 0 Å². The zero-order valence-corrected chi connectivity index (χ0v) is 21.4. The molecular formula is C25H27F3N6O4.